The summed E-state index contributed by atoms with van der Waals surface area (Å²) >= 11 is 0. The zero-order chi connectivity index (χ0) is 18.6. The van der Waals surface area contributed by atoms with Crippen LogP contribution in [0.15, 0.2) is 18.2 Å². The van der Waals surface area contributed by atoms with Gasteiger partial charge >= 0.3 is 6.03 Å². The van der Waals surface area contributed by atoms with Crippen LogP contribution in [0.4, 0.5) is 10.5 Å². The van der Waals surface area contributed by atoms with Gasteiger partial charge in [-0.3, -0.25) is 9.48 Å². The molecule has 0 fully saturated rings. The van der Waals surface area contributed by atoms with E-state index < -0.39 is 0 Å². The van der Waals surface area contributed by atoms with Crippen LogP contribution < -0.4 is 16.0 Å². The summed E-state index contributed by atoms with van der Waals surface area (Å²) in [5.74, 6) is -0.179. The van der Waals surface area contributed by atoms with Crippen LogP contribution in [0, 0.1) is 27.7 Å². The number of amides is 3. The number of aryl methyl sites for hydroxylation is 1. The van der Waals surface area contributed by atoms with E-state index >= 15 is 0 Å². The van der Waals surface area contributed by atoms with Crippen molar-refractivity contribution in [3.63, 3.8) is 0 Å². The third-order valence-electron chi connectivity index (χ3n) is 4.41. The molecule has 7 heteroatoms. The summed E-state index contributed by atoms with van der Waals surface area (Å²) in [6.45, 7) is 8.90. The van der Waals surface area contributed by atoms with Crippen LogP contribution in [0.2, 0.25) is 0 Å². The lowest BCUT2D eigenvalue weighted by atomic mass is 10.1. The number of nitrogens with zero attached hydrogens (tertiary/aromatic N) is 2. The quantitative estimate of drug-likeness (QED) is 0.778. The summed E-state index contributed by atoms with van der Waals surface area (Å²) in [6.07, 6.45) is 0. The molecular weight excluding hydrogens is 318 g/mol. The highest BCUT2D eigenvalue weighted by Gasteiger charge is 2.12. The van der Waals surface area contributed by atoms with Gasteiger partial charge in [-0.25, -0.2) is 4.79 Å². The molecule has 0 atom stereocenters. The molecule has 1 heterocycles. The molecule has 2 aromatic rings. The van der Waals surface area contributed by atoms with Gasteiger partial charge in [0.15, 0.2) is 0 Å². The summed E-state index contributed by atoms with van der Waals surface area (Å²) in [7, 11) is 1.58. The van der Waals surface area contributed by atoms with Gasteiger partial charge in [0.25, 0.3) is 5.91 Å². The van der Waals surface area contributed by atoms with Crippen molar-refractivity contribution in [1.29, 1.82) is 0 Å². The van der Waals surface area contributed by atoms with Crippen LogP contribution >= 0.6 is 0 Å². The van der Waals surface area contributed by atoms with E-state index in [1.807, 2.05) is 25.5 Å². The van der Waals surface area contributed by atoms with E-state index in [9.17, 15) is 9.59 Å². The first kappa shape index (κ1) is 18.5. The molecule has 0 unspecified atom stereocenters. The normalized spacial score (nSPS) is 10.4. The highest BCUT2D eigenvalue weighted by Crippen LogP contribution is 2.18. The predicted molar refractivity (Wildman–Crippen MR) is 98.0 cm³/mol. The molecule has 0 bridgehead atoms. The number of hydrogen-bond acceptors (Lipinski definition) is 3. The number of benzene rings is 1. The number of nitrogens with one attached hydrogen (secondary N) is 3. The average molecular weight is 343 g/mol. The fourth-order valence-corrected chi connectivity index (χ4v) is 2.60. The Morgan fingerprint density at radius 1 is 1.12 bits per heavy atom. The van der Waals surface area contributed by atoms with Gasteiger partial charge in [-0.15, -0.1) is 0 Å². The van der Waals surface area contributed by atoms with Gasteiger partial charge in [-0.05, 0) is 51.0 Å². The van der Waals surface area contributed by atoms with Crippen LogP contribution in [-0.2, 0) is 6.54 Å². The first-order valence-electron chi connectivity index (χ1n) is 8.22. The lowest BCUT2D eigenvalue weighted by Crippen LogP contribution is -2.32. The molecular formula is C18H25N5O2. The van der Waals surface area contributed by atoms with Gasteiger partial charge in [0.1, 0.15) is 0 Å². The van der Waals surface area contributed by atoms with Crippen molar-refractivity contribution in [3.05, 3.63) is 46.3 Å². The Kier molecular flexibility index (Phi) is 5.80. The lowest BCUT2D eigenvalue weighted by molar-refractivity contribution is 0.0962. The molecule has 7 nitrogen and oxygen atoms in total. The summed E-state index contributed by atoms with van der Waals surface area (Å²) in [6, 6.07) is 4.93. The van der Waals surface area contributed by atoms with Crippen molar-refractivity contribution in [3.8, 4) is 0 Å². The van der Waals surface area contributed by atoms with Crippen molar-refractivity contribution in [1.82, 2.24) is 20.4 Å². The van der Waals surface area contributed by atoms with E-state index in [0.717, 1.165) is 17.0 Å². The van der Waals surface area contributed by atoms with Crippen molar-refractivity contribution in [2.45, 2.75) is 34.2 Å². The summed E-state index contributed by atoms with van der Waals surface area (Å²) in [5, 5.41) is 12.6. The van der Waals surface area contributed by atoms with Crippen LogP contribution in [0.5, 0.6) is 0 Å². The smallest absolute Gasteiger partial charge is 0.319 e. The van der Waals surface area contributed by atoms with Crippen LogP contribution in [0.1, 0.15) is 32.9 Å². The number of carbonyl (C=O) groups excluding carboxylic acids is 2. The van der Waals surface area contributed by atoms with Gasteiger partial charge in [0.2, 0.25) is 0 Å². The second-order valence-electron chi connectivity index (χ2n) is 5.96. The Labute approximate surface area is 147 Å². The maximum atomic E-state index is 12.1. The fraction of sp³-hybridized carbons (Fsp3) is 0.389. The molecule has 0 aliphatic rings. The fourth-order valence-electron chi connectivity index (χ4n) is 2.60. The third-order valence-corrected chi connectivity index (χ3v) is 4.41. The minimum absolute atomic E-state index is 0.179. The lowest BCUT2D eigenvalue weighted by Gasteiger charge is -2.13. The van der Waals surface area contributed by atoms with Gasteiger partial charge in [0, 0.05) is 30.5 Å². The minimum atomic E-state index is -0.310. The van der Waals surface area contributed by atoms with E-state index in [1.54, 1.807) is 32.2 Å². The molecule has 0 spiro atoms. The number of aromatic nitrogens is 2. The van der Waals surface area contributed by atoms with Crippen molar-refractivity contribution in [2.24, 2.45) is 0 Å². The average Bonchev–Trinajstić information content (AvgIpc) is 2.83. The first-order chi connectivity index (χ1) is 11.8. The minimum Gasteiger partial charge on any atom is -0.355 e. The number of hydrogen-bond donors (Lipinski definition) is 3. The topological polar surface area (TPSA) is 88.0 Å². The molecule has 0 radical (unpaired) electrons. The molecule has 134 valence electrons. The second kappa shape index (κ2) is 7.83. The largest absolute Gasteiger partial charge is 0.355 e. The molecule has 0 saturated heterocycles. The summed E-state index contributed by atoms with van der Waals surface area (Å²) in [4.78, 5) is 23.9. The molecule has 0 aliphatic carbocycles. The Morgan fingerprint density at radius 2 is 1.84 bits per heavy atom. The standard InChI is InChI=1S/C18H25N5O2/c1-11-13(3)22-23(14(11)4)10-9-20-18(25)21-16-8-6-7-15(12(16)2)17(24)19-5/h6-8H,9-10H2,1-5H3,(H,19,24)(H2,20,21,25). The SMILES string of the molecule is CNC(=O)c1cccc(NC(=O)NCCn2nc(C)c(C)c2C)c1C. The predicted octanol–water partition coefficient (Wildman–Crippen LogP) is 2.30. The Balaban J connectivity index is 1.94. The second-order valence-corrected chi connectivity index (χ2v) is 5.96. The van der Waals surface area contributed by atoms with E-state index in [2.05, 4.69) is 21.0 Å². The molecule has 0 saturated carbocycles. The number of carbonyl (C=O) groups is 2. The number of urea groups is 1. The van der Waals surface area contributed by atoms with Crippen molar-refractivity contribution < 1.29 is 9.59 Å². The third kappa shape index (κ3) is 4.17. The zero-order valence-corrected chi connectivity index (χ0v) is 15.4. The maximum absolute atomic E-state index is 12.1. The summed E-state index contributed by atoms with van der Waals surface area (Å²) in [5.41, 5.74) is 5.16. The van der Waals surface area contributed by atoms with Gasteiger partial charge < -0.3 is 16.0 Å². The van der Waals surface area contributed by atoms with Crippen molar-refractivity contribution in [2.75, 3.05) is 18.9 Å². The van der Waals surface area contributed by atoms with Crippen LogP contribution in [0.25, 0.3) is 0 Å². The van der Waals surface area contributed by atoms with Crippen molar-refractivity contribution >= 4 is 17.6 Å². The number of anilines is 1. The molecule has 25 heavy (non-hydrogen) atoms. The number of rotatable bonds is 5. The highest BCUT2D eigenvalue weighted by atomic mass is 16.2. The molecule has 3 N–H and O–H groups in total. The molecule has 0 aliphatic heterocycles. The van der Waals surface area contributed by atoms with Gasteiger partial charge in [-0.2, -0.15) is 5.10 Å². The summed E-state index contributed by atoms with van der Waals surface area (Å²) < 4.78 is 1.89. The highest BCUT2D eigenvalue weighted by molar-refractivity contribution is 5.98. The monoisotopic (exact) mass is 343 g/mol. The maximum Gasteiger partial charge on any atom is 0.319 e. The Hall–Kier alpha value is -2.83. The zero-order valence-electron chi connectivity index (χ0n) is 15.4. The van der Waals surface area contributed by atoms with E-state index in [1.165, 1.54) is 5.56 Å². The Bertz CT molecular complexity index is 795. The van der Waals surface area contributed by atoms with Gasteiger partial charge in [-0.1, -0.05) is 6.07 Å². The van der Waals surface area contributed by atoms with Crippen LogP contribution in [-0.4, -0.2) is 35.3 Å². The first-order valence-corrected chi connectivity index (χ1v) is 8.22. The Morgan fingerprint density at radius 3 is 2.44 bits per heavy atom. The molecule has 1 aromatic heterocycles. The van der Waals surface area contributed by atoms with E-state index in [0.29, 0.717) is 24.3 Å². The van der Waals surface area contributed by atoms with E-state index in [4.69, 9.17) is 0 Å². The van der Waals surface area contributed by atoms with E-state index in [-0.39, 0.29) is 11.9 Å². The molecule has 2 rings (SSSR count). The molecule has 1 aromatic carbocycles. The molecule has 3 amide bonds. The van der Waals surface area contributed by atoms with Gasteiger partial charge in [0.05, 0.1) is 12.2 Å². The van der Waals surface area contributed by atoms with Crippen LogP contribution in [0.3, 0.4) is 0 Å².